The number of carbonyl (C=O) groups is 1. The van der Waals surface area contributed by atoms with E-state index >= 15 is 0 Å². The number of pyridine rings is 1. The van der Waals surface area contributed by atoms with Crippen LogP contribution in [0.2, 0.25) is 0 Å². The molecular weight excluding hydrogens is 454 g/mol. The highest BCUT2D eigenvalue weighted by Crippen LogP contribution is 2.36. The van der Waals surface area contributed by atoms with Crippen molar-refractivity contribution < 1.29 is 9.53 Å². The first-order valence-corrected chi connectivity index (χ1v) is 12.1. The molecule has 0 aliphatic heterocycles. The third kappa shape index (κ3) is 5.71. The van der Waals surface area contributed by atoms with Gasteiger partial charge in [-0.3, -0.25) is 4.79 Å². The Morgan fingerprint density at radius 2 is 1.69 bits per heavy atom. The minimum Gasteiger partial charge on any atom is -0.497 e. The largest absolute Gasteiger partial charge is 0.497 e. The summed E-state index contributed by atoms with van der Waals surface area (Å²) in [6.07, 6.45) is 0. The number of benzene rings is 3. The van der Waals surface area contributed by atoms with Gasteiger partial charge in [0.15, 0.2) is 0 Å². The van der Waals surface area contributed by atoms with Gasteiger partial charge in [0.25, 0.3) is 0 Å². The van der Waals surface area contributed by atoms with E-state index in [0.717, 1.165) is 39.4 Å². The fourth-order valence-electron chi connectivity index (χ4n) is 3.57. The molecule has 4 aromatic rings. The summed E-state index contributed by atoms with van der Waals surface area (Å²) in [7, 11) is 1.63. The number of rotatable bonds is 7. The molecule has 35 heavy (non-hydrogen) atoms. The molecule has 0 saturated carbocycles. The second-order valence-corrected chi connectivity index (χ2v) is 9.39. The van der Waals surface area contributed by atoms with Gasteiger partial charge in [-0.05, 0) is 61.9 Å². The standard InChI is InChI=1S/C29H25N3O2S/c1-19-9-13-23(14-10-19)31-28(33)20(2)35-29-26(18-30)25(21-7-5-4-6-8-21)17-27(32-29)22-11-15-24(34-3)16-12-22/h4-17,20H,1-3H3,(H,31,33)/t20-/m0/s1. The predicted octanol–water partition coefficient (Wildman–Crippen LogP) is 6.72. The molecule has 1 heterocycles. The van der Waals surface area contributed by atoms with E-state index in [0.29, 0.717) is 10.6 Å². The lowest BCUT2D eigenvalue weighted by atomic mass is 9.99. The minimum atomic E-state index is -0.467. The number of nitrogens with one attached hydrogen (secondary N) is 1. The normalized spacial score (nSPS) is 11.4. The van der Waals surface area contributed by atoms with Gasteiger partial charge in [-0.15, -0.1) is 0 Å². The molecule has 4 rings (SSSR count). The second kappa shape index (κ2) is 10.9. The molecule has 0 saturated heterocycles. The Balaban J connectivity index is 1.72. The van der Waals surface area contributed by atoms with Gasteiger partial charge < -0.3 is 10.1 Å². The van der Waals surface area contributed by atoms with Crippen LogP contribution in [0.5, 0.6) is 5.75 Å². The van der Waals surface area contributed by atoms with E-state index in [-0.39, 0.29) is 5.91 Å². The van der Waals surface area contributed by atoms with Crippen molar-refractivity contribution in [2.45, 2.75) is 24.1 Å². The van der Waals surface area contributed by atoms with Crippen molar-refractivity contribution in [3.05, 3.63) is 96.1 Å². The Hall–Kier alpha value is -4.08. The molecule has 0 bridgehead atoms. The highest BCUT2D eigenvalue weighted by molar-refractivity contribution is 8.00. The molecule has 0 unspecified atom stereocenters. The van der Waals surface area contributed by atoms with Crippen molar-refractivity contribution in [3.8, 4) is 34.2 Å². The lowest BCUT2D eigenvalue weighted by Gasteiger charge is -2.16. The molecule has 0 aliphatic rings. The molecule has 0 aliphatic carbocycles. The van der Waals surface area contributed by atoms with Crippen LogP contribution in [-0.4, -0.2) is 23.3 Å². The Morgan fingerprint density at radius 1 is 1.00 bits per heavy atom. The highest BCUT2D eigenvalue weighted by Gasteiger charge is 2.21. The maximum absolute atomic E-state index is 12.9. The number of thioether (sulfide) groups is 1. The number of aryl methyl sites for hydroxylation is 1. The van der Waals surface area contributed by atoms with E-state index in [1.807, 2.05) is 98.8 Å². The van der Waals surface area contributed by atoms with E-state index in [4.69, 9.17) is 9.72 Å². The number of nitrogens with zero attached hydrogens (tertiary/aromatic N) is 2. The van der Waals surface area contributed by atoms with E-state index in [1.54, 1.807) is 7.11 Å². The number of carbonyl (C=O) groups excluding carboxylic acids is 1. The van der Waals surface area contributed by atoms with Crippen LogP contribution in [0, 0.1) is 18.3 Å². The molecule has 1 N–H and O–H groups in total. The summed E-state index contributed by atoms with van der Waals surface area (Å²) in [5.74, 6) is 0.599. The van der Waals surface area contributed by atoms with E-state index < -0.39 is 5.25 Å². The number of aromatic nitrogens is 1. The van der Waals surface area contributed by atoms with Crippen molar-refractivity contribution in [1.29, 1.82) is 5.26 Å². The van der Waals surface area contributed by atoms with Crippen molar-refractivity contribution in [3.63, 3.8) is 0 Å². The highest BCUT2D eigenvalue weighted by atomic mass is 32.2. The Kier molecular flexibility index (Phi) is 7.49. The van der Waals surface area contributed by atoms with Crippen molar-refractivity contribution >= 4 is 23.4 Å². The number of hydrogen-bond donors (Lipinski definition) is 1. The fraction of sp³-hybridized carbons (Fsp3) is 0.138. The lowest BCUT2D eigenvalue weighted by molar-refractivity contribution is -0.115. The summed E-state index contributed by atoms with van der Waals surface area (Å²) in [6.45, 7) is 3.82. The first kappa shape index (κ1) is 24.1. The number of hydrogen-bond acceptors (Lipinski definition) is 5. The zero-order chi connectivity index (χ0) is 24.8. The summed E-state index contributed by atoms with van der Waals surface area (Å²) in [5.41, 5.74) is 5.62. The maximum Gasteiger partial charge on any atom is 0.237 e. The van der Waals surface area contributed by atoms with Gasteiger partial charge in [-0.25, -0.2) is 4.98 Å². The Bertz CT molecular complexity index is 1360. The SMILES string of the molecule is COc1ccc(-c2cc(-c3ccccc3)c(C#N)c(S[C@@H](C)C(=O)Nc3ccc(C)cc3)n2)cc1. The van der Waals surface area contributed by atoms with Crippen LogP contribution in [0.1, 0.15) is 18.1 Å². The van der Waals surface area contributed by atoms with Crippen LogP contribution in [0.25, 0.3) is 22.4 Å². The molecule has 3 aromatic carbocycles. The van der Waals surface area contributed by atoms with E-state index in [1.165, 1.54) is 11.8 Å². The summed E-state index contributed by atoms with van der Waals surface area (Å²) in [4.78, 5) is 17.7. The Labute approximate surface area is 209 Å². The smallest absolute Gasteiger partial charge is 0.237 e. The maximum atomic E-state index is 12.9. The first-order valence-electron chi connectivity index (χ1n) is 11.2. The minimum absolute atomic E-state index is 0.152. The third-order valence-electron chi connectivity index (χ3n) is 5.55. The zero-order valence-corrected chi connectivity index (χ0v) is 20.6. The molecule has 1 aromatic heterocycles. The molecule has 174 valence electrons. The average molecular weight is 480 g/mol. The number of ether oxygens (including phenoxy) is 1. The number of amides is 1. The van der Waals surface area contributed by atoms with Gasteiger partial charge in [-0.1, -0.05) is 59.8 Å². The number of methoxy groups -OCH3 is 1. The van der Waals surface area contributed by atoms with Crippen LogP contribution >= 0.6 is 11.8 Å². The molecule has 0 radical (unpaired) electrons. The fourth-order valence-corrected chi connectivity index (χ4v) is 4.50. The molecule has 6 heteroatoms. The zero-order valence-electron chi connectivity index (χ0n) is 19.8. The van der Waals surface area contributed by atoms with Crippen LogP contribution in [-0.2, 0) is 4.79 Å². The molecule has 0 fully saturated rings. The van der Waals surface area contributed by atoms with Crippen LogP contribution in [0.15, 0.2) is 90.0 Å². The molecular formula is C29H25N3O2S. The average Bonchev–Trinajstić information content (AvgIpc) is 2.90. The van der Waals surface area contributed by atoms with Gasteiger partial charge in [0.05, 0.1) is 23.6 Å². The van der Waals surface area contributed by atoms with Gasteiger partial charge >= 0.3 is 0 Å². The van der Waals surface area contributed by atoms with Crippen LogP contribution in [0.4, 0.5) is 5.69 Å². The molecule has 1 atom stereocenters. The van der Waals surface area contributed by atoms with Gasteiger partial charge in [0, 0.05) is 16.8 Å². The summed E-state index contributed by atoms with van der Waals surface area (Å²) in [5, 5.41) is 13.1. The number of anilines is 1. The van der Waals surface area contributed by atoms with Crippen LogP contribution in [0.3, 0.4) is 0 Å². The first-order chi connectivity index (χ1) is 17.0. The second-order valence-electron chi connectivity index (χ2n) is 8.06. The van der Waals surface area contributed by atoms with Crippen molar-refractivity contribution in [1.82, 2.24) is 4.98 Å². The summed E-state index contributed by atoms with van der Waals surface area (Å²) >= 11 is 1.28. The third-order valence-corrected chi connectivity index (χ3v) is 6.63. The monoisotopic (exact) mass is 479 g/mol. The summed E-state index contributed by atoms with van der Waals surface area (Å²) in [6, 6.07) is 29.3. The van der Waals surface area contributed by atoms with E-state index in [2.05, 4.69) is 11.4 Å². The molecule has 5 nitrogen and oxygen atoms in total. The topological polar surface area (TPSA) is 75.0 Å². The van der Waals surface area contributed by atoms with Gasteiger partial charge in [0.1, 0.15) is 16.8 Å². The molecule has 1 amide bonds. The molecule has 0 spiro atoms. The van der Waals surface area contributed by atoms with Gasteiger partial charge in [0.2, 0.25) is 5.91 Å². The quantitative estimate of drug-likeness (QED) is 0.298. The lowest BCUT2D eigenvalue weighted by Crippen LogP contribution is -2.22. The van der Waals surface area contributed by atoms with Gasteiger partial charge in [-0.2, -0.15) is 5.26 Å². The van der Waals surface area contributed by atoms with E-state index in [9.17, 15) is 10.1 Å². The predicted molar refractivity (Wildman–Crippen MR) is 142 cm³/mol. The summed E-state index contributed by atoms with van der Waals surface area (Å²) < 4.78 is 5.28. The van der Waals surface area contributed by atoms with Crippen LogP contribution < -0.4 is 10.1 Å². The number of nitriles is 1. The van der Waals surface area contributed by atoms with Crippen molar-refractivity contribution in [2.24, 2.45) is 0 Å². The van der Waals surface area contributed by atoms with Crippen molar-refractivity contribution in [2.75, 3.05) is 12.4 Å². The Morgan fingerprint density at radius 3 is 2.31 bits per heavy atom.